The third-order valence-electron chi connectivity index (χ3n) is 1.99. The number of nitrogens with zero attached hydrogens (tertiary/aromatic N) is 1. The van der Waals surface area contributed by atoms with Gasteiger partial charge in [-0.15, -0.1) is 0 Å². The maximum Gasteiger partial charge on any atom is 0.199 e. The highest BCUT2D eigenvalue weighted by atomic mass is 32.1. The van der Waals surface area contributed by atoms with Gasteiger partial charge in [0.1, 0.15) is 5.82 Å². The Morgan fingerprint density at radius 2 is 2.23 bits per heavy atom. The molecule has 1 aromatic heterocycles. The van der Waals surface area contributed by atoms with Crippen molar-refractivity contribution in [1.82, 2.24) is 9.97 Å². The number of rotatable bonds is 0. The summed E-state index contributed by atoms with van der Waals surface area (Å²) in [6, 6.07) is 5.90. The highest BCUT2D eigenvalue weighted by Gasteiger charge is 2.01. The lowest BCUT2D eigenvalue weighted by Gasteiger charge is -2.03. The quantitative estimate of drug-likeness (QED) is 0.627. The minimum Gasteiger partial charge on any atom is -0.383 e. The number of aromatic amines is 1. The second-order valence-corrected chi connectivity index (χ2v) is 3.31. The van der Waals surface area contributed by atoms with E-state index in [0.29, 0.717) is 10.6 Å². The Bertz CT molecular complexity index is 516. The first-order valence-corrected chi connectivity index (χ1v) is 4.34. The molecule has 4 heteroatoms. The molecular weight excluding hydrogens is 182 g/mol. The molecule has 1 aromatic carbocycles. The molecule has 1 heterocycles. The molecule has 0 bridgehead atoms. The number of nitrogen functional groups attached to an aromatic ring is 1. The summed E-state index contributed by atoms with van der Waals surface area (Å²) in [5.41, 5.74) is 7.81. The van der Waals surface area contributed by atoms with E-state index in [-0.39, 0.29) is 0 Å². The number of hydrogen-bond acceptors (Lipinski definition) is 3. The zero-order chi connectivity index (χ0) is 9.42. The molecule has 2 aromatic rings. The number of nitrogens with two attached hydrogens (primary N) is 1. The zero-order valence-corrected chi connectivity index (χ0v) is 7.98. The summed E-state index contributed by atoms with van der Waals surface area (Å²) < 4.78 is 0.426. The standard InChI is InChI=1S/C9H9N3S/c1-5-3-2-4-6-7(5)8(10)12-9(13)11-6/h2-4H,1H3,(H3,10,11,12,13). The van der Waals surface area contributed by atoms with E-state index in [1.165, 1.54) is 0 Å². The Labute approximate surface area is 80.6 Å². The fourth-order valence-electron chi connectivity index (χ4n) is 1.42. The normalized spacial score (nSPS) is 10.5. The molecule has 0 amide bonds. The van der Waals surface area contributed by atoms with Crippen LogP contribution in [0.25, 0.3) is 10.9 Å². The maximum atomic E-state index is 5.76. The van der Waals surface area contributed by atoms with Crippen molar-refractivity contribution in [2.45, 2.75) is 6.92 Å². The monoisotopic (exact) mass is 191 g/mol. The Morgan fingerprint density at radius 1 is 1.46 bits per heavy atom. The van der Waals surface area contributed by atoms with Crippen molar-refractivity contribution >= 4 is 28.9 Å². The summed E-state index contributed by atoms with van der Waals surface area (Å²) in [4.78, 5) is 6.99. The summed E-state index contributed by atoms with van der Waals surface area (Å²) in [7, 11) is 0. The number of benzene rings is 1. The lowest BCUT2D eigenvalue weighted by molar-refractivity contribution is 1.19. The predicted octanol–water partition coefficient (Wildman–Crippen LogP) is 2.18. The summed E-state index contributed by atoms with van der Waals surface area (Å²) in [6.45, 7) is 2.00. The Morgan fingerprint density at radius 3 is 3.00 bits per heavy atom. The van der Waals surface area contributed by atoms with Crippen molar-refractivity contribution in [3.05, 3.63) is 28.5 Å². The van der Waals surface area contributed by atoms with Gasteiger partial charge in [0.05, 0.1) is 5.52 Å². The van der Waals surface area contributed by atoms with E-state index in [1.807, 2.05) is 25.1 Å². The van der Waals surface area contributed by atoms with Gasteiger partial charge in [0.25, 0.3) is 0 Å². The molecular formula is C9H9N3S. The van der Waals surface area contributed by atoms with Crippen LogP contribution in [0.5, 0.6) is 0 Å². The van der Waals surface area contributed by atoms with E-state index in [1.54, 1.807) is 0 Å². The smallest absolute Gasteiger partial charge is 0.199 e. The Kier molecular flexibility index (Phi) is 1.77. The Hall–Kier alpha value is -1.42. The molecule has 3 nitrogen and oxygen atoms in total. The number of aromatic nitrogens is 2. The molecule has 0 fully saturated rings. The van der Waals surface area contributed by atoms with Gasteiger partial charge in [-0.3, -0.25) is 0 Å². The van der Waals surface area contributed by atoms with Gasteiger partial charge in [-0.05, 0) is 30.8 Å². The molecule has 0 unspecified atom stereocenters. The van der Waals surface area contributed by atoms with Crippen LogP contribution in [0.4, 0.5) is 5.82 Å². The van der Waals surface area contributed by atoms with Gasteiger partial charge in [-0.1, -0.05) is 12.1 Å². The molecule has 0 radical (unpaired) electrons. The van der Waals surface area contributed by atoms with Crippen LogP contribution >= 0.6 is 12.2 Å². The second kappa shape index (κ2) is 2.81. The van der Waals surface area contributed by atoms with Crippen LogP contribution < -0.4 is 5.73 Å². The number of hydrogen-bond donors (Lipinski definition) is 2. The summed E-state index contributed by atoms with van der Waals surface area (Å²) >= 11 is 4.92. The van der Waals surface area contributed by atoms with Gasteiger partial charge < -0.3 is 10.7 Å². The first kappa shape index (κ1) is 8.19. The summed E-state index contributed by atoms with van der Waals surface area (Å²) in [5.74, 6) is 0.497. The third kappa shape index (κ3) is 1.29. The largest absolute Gasteiger partial charge is 0.383 e. The number of anilines is 1. The summed E-state index contributed by atoms with van der Waals surface area (Å²) in [6.07, 6.45) is 0. The lowest BCUT2D eigenvalue weighted by atomic mass is 10.1. The number of fused-ring (bicyclic) bond motifs is 1. The van der Waals surface area contributed by atoms with Crippen molar-refractivity contribution in [2.24, 2.45) is 0 Å². The van der Waals surface area contributed by atoms with Gasteiger partial charge in [0.2, 0.25) is 0 Å². The minimum absolute atomic E-state index is 0.426. The fourth-order valence-corrected chi connectivity index (χ4v) is 1.63. The van der Waals surface area contributed by atoms with Crippen LogP contribution in [0.3, 0.4) is 0 Å². The van der Waals surface area contributed by atoms with E-state index in [2.05, 4.69) is 9.97 Å². The van der Waals surface area contributed by atoms with Crippen molar-refractivity contribution < 1.29 is 0 Å². The van der Waals surface area contributed by atoms with Crippen molar-refractivity contribution in [1.29, 1.82) is 0 Å². The van der Waals surface area contributed by atoms with Gasteiger partial charge in [-0.25, -0.2) is 4.98 Å². The molecule has 2 rings (SSSR count). The highest BCUT2D eigenvalue weighted by Crippen LogP contribution is 2.20. The highest BCUT2D eigenvalue weighted by molar-refractivity contribution is 7.71. The van der Waals surface area contributed by atoms with Gasteiger partial charge in [-0.2, -0.15) is 0 Å². The number of H-pyrrole nitrogens is 1. The second-order valence-electron chi connectivity index (χ2n) is 2.92. The van der Waals surface area contributed by atoms with E-state index in [9.17, 15) is 0 Å². The molecule has 0 saturated heterocycles. The molecule has 66 valence electrons. The van der Waals surface area contributed by atoms with E-state index in [0.717, 1.165) is 16.5 Å². The maximum absolute atomic E-state index is 5.76. The summed E-state index contributed by atoms with van der Waals surface area (Å²) in [5, 5.41) is 0.955. The van der Waals surface area contributed by atoms with E-state index < -0.39 is 0 Å². The number of aryl methyl sites for hydroxylation is 1. The molecule has 0 aliphatic heterocycles. The molecule has 0 atom stereocenters. The predicted molar refractivity (Wildman–Crippen MR) is 56.1 cm³/mol. The lowest BCUT2D eigenvalue weighted by Crippen LogP contribution is -1.96. The third-order valence-corrected chi connectivity index (χ3v) is 2.19. The zero-order valence-electron chi connectivity index (χ0n) is 7.16. The van der Waals surface area contributed by atoms with Gasteiger partial charge >= 0.3 is 0 Å². The van der Waals surface area contributed by atoms with E-state index >= 15 is 0 Å². The van der Waals surface area contributed by atoms with Gasteiger partial charge in [0, 0.05) is 5.39 Å². The van der Waals surface area contributed by atoms with Crippen LogP contribution in [-0.4, -0.2) is 9.97 Å². The first-order valence-electron chi connectivity index (χ1n) is 3.93. The molecule has 0 aliphatic carbocycles. The molecule has 0 saturated carbocycles. The molecule has 0 spiro atoms. The van der Waals surface area contributed by atoms with Crippen LogP contribution in [0, 0.1) is 11.7 Å². The Balaban J connectivity index is 3.03. The van der Waals surface area contributed by atoms with Crippen LogP contribution in [0.2, 0.25) is 0 Å². The van der Waals surface area contributed by atoms with E-state index in [4.69, 9.17) is 18.0 Å². The minimum atomic E-state index is 0.426. The molecule has 13 heavy (non-hydrogen) atoms. The van der Waals surface area contributed by atoms with Crippen LogP contribution in [-0.2, 0) is 0 Å². The van der Waals surface area contributed by atoms with Crippen molar-refractivity contribution in [3.63, 3.8) is 0 Å². The average molecular weight is 191 g/mol. The van der Waals surface area contributed by atoms with Crippen LogP contribution in [0.15, 0.2) is 18.2 Å². The van der Waals surface area contributed by atoms with Crippen molar-refractivity contribution in [3.8, 4) is 0 Å². The SMILES string of the molecule is Cc1cccc2[nH]c(=S)nc(N)c12. The van der Waals surface area contributed by atoms with Crippen LogP contribution in [0.1, 0.15) is 5.56 Å². The first-order chi connectivity index (χ1) is 6.18. The molecule has 3 N–H and O–H groups in total. The van der Waals surface area contributed by atoms with Crippen molar-refractivity contribution in [2.75, 3.05) is 5.73 Å². The van der Waals surface area contributed by atoms with Gasteiger partial charge in [0.15, 0.2) is 4.77 Å². The number of nitrogens with one attached hydrogen (secondary N) is 1. The topological polar surface area (TPSA) is 54.7 Å². The molecule has 0 aliphatic rings. The average Bonchev–Trinajstić information content (AvgIpc) is 2.02. The fraction of sp³-hybridized carbons (Fsp3) is 0.111.